The van der Waals surface area contributed by atoms with Crippen molar-refractivity contribution in [3.05, 3.63) is 19.8 Å². The maximum atomic E-state index is 5.96. The highest BCUT2D eigenvalue weighted by atomic mass is 79.9. The fraction of sp³-hybridized carbons (Fsp3) is 0.556. The van der Waals surface area contributed by atoms with Crippen molar-refractivity contribution in [1.29, 1.82) is 0 Å². The number of likely N-dealkylation sites (N-methyl/N-ethyl adjacent to an activating group) is 2. The van der Waals surface area contributed by atoms with Crippen LogP contribution in [0.15, 0.2) is 10.5 Å². The number of nitrogens with one attached hydrogen (secondary N) is 1. The summed E-state index contributed by atoms with van der Waals surface area (Å²) in [7, 11) is 4.07. The molecule has 0 aliphatic carbocycles. The minimum absolute atomic E-state index is 0. The minimum Gasteiger partial charge on any atom is -0.318 e. The first-order valence-electron chi connectivity index (χ1n) is 4.40. The van der Waals surface area contributed by atoms with E-state index in [1.807, 2.05) is 7.05 Å². The fourth-order valence-corrected chi connectivity index (χ4v) is 2.99. The molecular weight excluding hydrogens is 319 g/mol. The van der Waals surface area contributed by atoms with Gasteiger partial charge < -0.3 is 10.2 Å². The molecule has 0 amide bonds. The van der Waals surface area contributed by atoms with Crippen LogP contribution in [0.3, 0.4) is 0 Å². The van der Waals surface area contributed by atoms with Gasteiger partial charge >= 0.3 is 0 Å². The largest absolute Gasteiger partial charge is 0.318 e. The molecule has 1 rings (SSSR count). The van der Waals surface area contributed by atoms with E-state index in [2.05, 4.69) is 39.3 Å². The number of hydrogen-bond acceptors (Lipinski definition) is 3. The summed E-state index contributed by atoms with van der Waals surface area (Å²) in [5.41, 5.74) is 0. The van der Waals surface area contributed by atoms with Gasteiger partial charge in [-0.25, -0.2) is 0 Å². The summed E-state index contributed by atoms with van der Waals surface area (Å²) in [5.74, 6) is 0. The van der Waals surface area contributed by atoms with E-state index in [1.54, 1.807) is 11.3 Å². The molecule has 0 bridgehead atoms. The molecule has 88 valence electrons. The highest BCUT2D eigenvalue weighted by molar-refractivity contribution is 9.10. The molecule has 1 heterocycles. The van der Waals surface area contributed by atoms with E-state index < -0.39 is 0 Å². The summed E-state index contributed by atoms with van der Waals surface area (Å²) < 4.78 is 1.84. The second-order valence-corrected chi connectivity index (χ2v) is 5.77. The molecule has 0 saturated heterocycles. The Bertz CT molecular complexity index is 274. The second-order valence-electron chi connectivity index (χ2n) is 3.18. The van der Waals surface area contributed by atoms with Crippen molar-refractivity contribution in [2.24, 2.45) is 0 Å². The Balaban J connectivity index is 0.00000196. The lowest BCUT2D eigenvalue weighted by atomic mass is 10.4. The molecule has 0 unspecified atom stereocenters. The van der Waals surface area contributed by atoms with Gasteiger partial charge in [-0.15, -0.1) is 23.7 Å². The number of rotatable bonds is 5. The molecule has 1 aromatic heterocycles. The van der Waals surface area contributed by atoms with Gasteiger partial charge in [0, 0.05) is 29.0 Å². The van der Waals surface area contributed by atoms with Crippen LogP contribution in [0.25, 0.3) is 0 Å². The van der Waals surface area contributed by atoms with Crippen molar-refractivity contribution in [3.63, 3.8) is 0 Å². The highest BCUT2D eigenvalue weighted by Gasteiger charge is 2.06. The molecule has 1 aromatic rings. The molecule has 0 aliphatic heterocycles. The quantitative estimate of drug-likeness (QED) is 0.889. The molecule has 0 saturated carbocycles. The number of halogens is 3. The summed E-state index contributed by atoms with van der Waals surface area (Å²) in [6.07, 6.45) is 0. The van der Waals surface area contributed by atoms with Crippen LogP contribution in [-0.4, -0.2) is 32.1 Å². The van der Waals surface area contributed by atoms with Gasteiger partial charge in [0.05, 0.1) is 0 Å². The molecule has 1 N–H and O–H groups in total. The van der Waals surface area contributed by atoms with Crippen LogP contribution in [0.2, 0.25) is 4.34 Å². The lowest BCUT2D eigenvalue weighted by Crippen LogP contribution is -2.26. The molecule has 15 heavy (non-hydrogen) atoms. The number of nitrogens with zero attached hydrogens (tertiary/aromatic N) is 1. The van der Waals surface area contributed by atoms with Crippen molar-refractivity contribution in [2.45, 2.75) is 6.54 Å². The monoisotopic (exact) mass is 332 g/mol. The smallest absolute Gasteiger partial charge is 0.107 e. The summed E-state index contributed by atoms with van der Waals surface area (Å²) >= 11 is 11.0. The summed E-state index contributed by atoms with van der Waals surface area (Å²) in [6, 6.07) is 2.09. The zero-order chi connectivity index (χ0) is 10.6. The zero-order valence-corrected chi connectivity index (χ0v) is 12.7. The van der Waals surface area contributed by atoms with Crippen LogP contribution in [0.4, 0.5) is 0 Å². The molecule has 0 spiro atoms. The first-order valence-corrected chi connectivity index (χ1v) is 6.39. The van der Waals surface area contributed by atoms with Crippen molar-refractivity contribution in [1.82, 2.24) is 10.2 Å². The van der Waals surface area contributed by atoms with E-state index in [-0.39, 0.29) is 12.4 Å². The van der Waals surface area contributed by atoms with Crippen molar-refractivity contribution < 1.29 is 0 Å². The molecule has 0 aliphatic rings. The van der Waals surface area contributed by atoms with Crippen LogP contribution < -0.4 is 5.32 Å². The van der Waals surface area contributed by atoms with Gasteiger partial charge in [-0.3, -0.25) is 0 Å². The SMILES string of the molecule is CNCCN(C)Cc1cc(Br)c(Cl)s1.Cl. The van der Waals surface area contributed by atoms with Gasteiger partial charge in [0.2, 0.25) is 0 Å². The van der Waals surface area contributed by atoms with Gasteiger partial charge in [0.1, 0.15) is 4.34 Å². The number of thiophene rings is 1. The maximum absolute atomic E-state index is 5.96. The normalized spacial score (nSPS) is 10.5. The van der Waals surface area contributed by atoms with Gasteiger partial charge in [-0.2, -0.15) is 0 Å². The predicted octanol–water partition coefficient (Wildman–Crippen LogP) is 3.24. The second kappa shape index (κ2) is 7.87. The summed E-state index contributed by atoms with van der Waals surface area (Å²) in [6.45, 7) is 3.01. The van der Waals surface area contributed by atoms with Gasteiger partial charge in [0.15, 0.2) is 0 Å². The van der Waals surface area contributed by atoms with Crippen LogP contribution >= 0.6 is 51.3 Å². The van der Waals surface area contributed by atoms with E-state index in [0.717, 1.165) is 28.4 Å². The Morgan fingerprint density at radius 2 is 2.27 bits per heavy atom. The molecule has 0 aromatic carbocycles. The topological polar surface area (TPSA) is 15.3 Å². The molecule has 0 radical (unpaired) electrons. The van der Waals surface area contributed by atoms with Crippen molar-refractivity contribution in [2.75, 3.05) is 27.2 Å². The average Bonchev–Trinajstić information content (AvgIpc) is 2.42. The third-order valence-electron chi connectivity index (χ3n) is 1.87. The lowest BCUT2D eigenvalue weighted by Gasteiger charge is -2.14. The zero-order valence-electron chi connectivity index (χ0n) is 8.72. The van der Waals surface area contributed by atoms with Crippen molar-refractivity contribution >= 4 is 51.3 Å². The fourth-order valence-electron chi connectivity index (χ4n) is 1.12. The third-order valence-corrected chi connectivity index (χ3v) is 4.32. The van der Waals surface area contributed by atoms with Crippen LogP contribution in [0.1, 0.15) is 4.88 Å². The van der Waals surface area contributed by atoms with Gasteiger partial charge in [-0.1, -0.05) is 11.6 Å². The Hall–Kier alpha value is 0.680. The predicted molar refractivity (Wildman–Crippen MR) is 74.5 cm³/mol. The lowest BCUT2D eigenvalue weighted by molar-refractivity contribution is 0.331. The Morgan fingerprint density at radius 3 is 2.73 bits per heavy atom. The standard InChI is InChI=1S/C9H14BrClN2S.ClH/c1-12-3-4-13(2)6-7-5-8(10)9(11)14-7;/h5,12H,3-4,6H2,1-2H3;1H. The summed E-state index contributed by atoms with van der Waals surface area (Å²) in [4.78, 5) is 3.56. The highest BCUT2D eigenvalue weighted by Crippen LogP contribution is 2.32. The van der Waals surface area contributed by atoms with E-state index in [0.29, 0.717) is 0 Å². The third kappa shape index (κ3) is 5.52. The van der Waals surface area contributed by atoms with Crippen LogP contribution in [-0.2, 0) is 6.54 Å². The molecule has 2 nitrogen and oxygen atoms in total. The van der Waals surface area contributed by atoms with Gasteiger partial charge in [-0.05, 0) is 36.1 Å². The number of hydrogen-bond donors (Lipinski definition) is 1. The average molecular weight is 334 g/mol. The van der Waals surface area contributed by atoms with E-state index in [9.17, 15) is 0 Å². The van der Waals surface area contributed by atoms with E-state index >= 15 is 0 Å². The maximum Gasteiger partial charge on any atom is 0.107 e. The Morgan fingerprint density at radius 1 is 1.60 bits per heavy atom. The van der Waals surface area contributed by atoms with Gasteiger partial charge in [0.25, 0.3) is 0 Å². The summed E-state index contributed by atoms with van der Waals surface area (Å²) in [5, 5.41) is 3.13. The Labute approximate surface area is 115 Å². The molecule has 0 fully saturated rings. The molecule has 6 heteroatoms. The Kier molecular flexibility index (Phi) is 8.23. The first kappa shape index (κ1) is 15.7. The molecule has 0 atom stereocenters. The van der Waals surface area contributed by atoms with Crippen LogP contribution in [0, 0.1) is 0 Å². The molecular formula is C9H15BrCl2N2S. The van der Waals surface area contributed by atoms with Crippen LogP contribution in [0.5, 0.6) is 0 Å². The minimum atomic E-state index is 0. The first-order chi connectivity index (χ1) is 6.63. The van der Waals surface area contributed by atoms with E-state index in [4.69, 9.17) is 11.6 Å². The van der Waals surface area contributed by atoms with Crippen molar-refractivity contribution in [3.8, 4) is 0 Å². The van der Waals surface area contributed by atoms with E-state index in [1.165, 1.54) is 4.88 Å².